The van der Waals surface area contributed by atoms with Gasteiger partial charge in [-0.25, -0.2) is 0 Å². The Hall–Kier alpha value is -0.610. The highest BCUT2D eigenvalue weighted by Crippen LogP contribution is 2.63. The molecule has 0 aromatic heterocycles. The number of rotatable bonds is 3. The van der Waals surface area contributed by atoms with Crippen molar-refractivity contribution in [1.82, 2.24) is 0 Å². The Kier molecular flexibility index (Phi) is 2.51. The van der Waals surface area contributed by atoms with Gasteiger partial charge in [-0.3, -0.25) is 4.79 Å². The molecule has 1 saturated heterocycles. The molecule has 2 rings (SSSR count). The van der Waals surface area contributed by atoms with Crippen LogP contribution in [0.25, 0.3) is 0 Å². The summed E-state index contributed by atoms with van der Waals surface area (Å²) in [4.78, 5) is 11.0. The number of ether oxygens (including phenoxy) is 1. The molecule has 3 N–H and O–H groups in total. The lowest BCUT2D eigenvalue weighted by molar-refractivity contribution is -0.143. The third-order valence-corrected chi connectivity index (χ3v) is 4.45. The molecule has 0 amide bonds. The Morgan fingerprint density at radius 2 is 1.87 bits per heavy atom. The van der Waals surface area contributed by atoms with Crippen LogP contribution in [0.5, 0.6) is 0 Å². The van der Waals surface area contributed by atoms with Crippen LogP contribution in [-0.2, 0) is 9.53 Å². The quantitative estimate of drug-likeness (QED) is 0.733. The van der Waals surface area contributed by atoms with Gasteiger partial charge >= 0.3 is 5.97 Å². The number of carbonyl (C=O) groups is 1. The number of aliphatic carboxylic acids is 1. The highest BCUT2D eigenvalue weighted by Gasteiger charge is 2.61. The summed E-state index contributed by atoms with van der Waals surface area (Å²) >= 11 is 0. The van der Waals surface area contributed by atoms with Gasteiger partial charge in [-0.15, -0.1) is 0 Å². The molecule has 1 atom stereocenters. The maximum absolute atomic E-state index is 11.0. The lowest BCUT2D eigenvalue weighted by atomic mass is 9.65. The summed E-state index contributed by atoms with van der Waals surface area (Å²) in [6.07, 6.45) is 3.79. The smallest absolute Gasteiger partial charge is 0.321 e. The Bertz CT molecular complexity index is 267. The number of carboxylic acids is 1. The molecule has 0 radical (unpaired) electrons. The molecule has 0 aromatic carbocycles. The van der Waals surface area contributed by atoms with Gasteiger partial charge in [0.05, 0.1) is 0 Å². The van der Waals surface area contributed by atoms with Crippen LogP contribution in [0.2, 0.25) is 0 Å². The predicted octanol–water partition coefficient (Wildman–Crippen LogP) is 0.995. The number of nitrogens with two attached hydrogens (primary N) is 1. The van der Waals surface area contributed by atoms with Crippen molar-refractivity contribution >= 4 is 5.97 Å². The first-order valence-corrected chi connectivity index (χ1v) is 5.58. The van der Waals surface area contributed by atoms with Gasteiger partial charge in [-0.05, 0) is 31.1 Å². The molecule has 2 aliphatic rings. The van der Waals surface area contributed by atoms with Crippen molar-refractivity contribution < 1.29 is 14.6 Å². The third kappa shape index (κ3) is 1.56. The highest BCUT2D eigenvalue weighted by atomic mass is 16.5. The van der Waals surface area contributed by atoms with E-state index < -0.39 is 12.0 Å². The SMILES string of the molecule is CC1(C2(C(N)C(=O)O)CC2)CCOCC1. The summed E-state index contributed by atoms with van der Waals surface area (Å²) in [6, 6.07) is -0.708. The Labute approximate surface area is 89.8 Å². The van der Waals surface area contributed by atoms with Crippen LogP contribution in [0.1, 0.15) is 32.6 Å². The zero-order valence-corrected chi connectivity index (χ0v) is 9.16. The first-order chi connectivity index (χ1) is 7.02. The minimum atomic E-state index is -0.861. The van der Waals surface area contributed by atoms with Gasteiger partial charge in [0.2, 0.25) is 0 Å². The number of carboxylic acid groups (broad SMARTS) is 1. The second kappa shape index (κ2) is 3.46. The van der Waals surface area contributed by atoms with Gasteiger partial charge < -0.3 is 15.6 Å². The van der Waals surface area contributed by atoms with Crippen LogP contribution < -0.4 is 5.73 Å². The maximum Gasteiger partial charge on any atom is 0.321 e. The van der Waals surface area contributed by atoms with E-state index in [9.17, 15) is 4.79 Å². The van der Waals surface area contributed by atoms with E-state index in [1.165, 1.54) is 0 Å². The van der Waals surface area contributed by atoms with Crippen molar-refractivity contribution in [2.45, 2.75) is 38.6 Å². The Morgan fingerprint density at radius 1 is 1.33 bits per heavy atom. The van der Waals surface area contributed by atoms with Crippen LogP contribution in [0, 0.1) is 10.8 Å². The monoisotopic (exact) mass is 213 g/mol. The molecule has 0 aromatic rings. The van der Waals surface area contributed by atoms with E-state index >= 15 is 0 Å². The van der Waals surface area contributed by atoms with E-state index in [1.54, 1.807) is 0 Å². The molecular weight excluding hydrogens is 194 g/mol. The van der Waals surface area contributed by atoms with Crippen LogP contribution in [0.15, 0.2) is 0 Å². The molecule has 4 nitrogen and oxygen atoms in total. The second-order valence-corrected chi connectivity index (χ2v) is 5.15. The highest BCUT2D eigenvalue weighted by molar-refractivity contribution is 5.75. The topological polar surface area (TPSA) is 72.6 Å². The maximum atomic E-state index is 11.0. The second-order valence-electron chi connectivity index (χ2n) is 5.15. The third-order valence-electron chi connectivity index (χ3n) is 4.45. The Balaban J connectivity index is 2.17. The fourth-order valence-corrected chi connectivity index (χ4v) is 2.98. The van der Waals surface area contributed by atoms with Crippen LogP contribution in [0.3, 0.4) is 0 Å². The summed E-state index contributed by atoms with van der Waals surface area (Å²) in [5, 5.41) is 9.05. The molecule has 0 bridgehead atoms. The predicted molar refractivity (Wildman–Crippen MR) is 55.4 cm³/mol. The van der Waals surface area contributed by atoms with Crippen molar-refractivity contribution in [3.63, 3.8) is 0 Å². The van der Waals surface area contributed by atoms with E-state index in [1.807, 2.05) is 0 Å². The van der Waals surface area contributed by atoms with Crippen LogP contribution in [-0.4, -0.2) is 30.3 Å². The molecule has 0 spiro atoms. The van der Waals surface area contributed by atoms with Gasteiger partial charge in [0.15, 0.2) is 0 Å². The van der Waals surface area contributed by atoms with Gasteiger partial charge in [-0.1, -0.05) is 6.92 Å². The largest absolute Gasteiger partial charge is 0.480 e. The molecule has 1 saturated carbocycles. The van der Waals surface area contributed by atoms with Crippen molar-refractivity contribution in [2.75, 3.05) is 13.2 Å². The van der Waals surface area contributed by atoms with Gasteiger partial charge in [-0.2, -0.15) is 0 Å². The molecule has 1 unspecified atom stereocenters. The molecular formula is C11H19NO3. The summed E-state index contributed by atoms with van der Waals surface area (Å²) < 4.78 is 5.34. The van der Waals surface area contributed by atoms with Gasteiger partial charge in [0.25, 0.3) is 0 Å². The molecule has 15 heavy (non-hydrogen) atoms. The van der Waals surface area contributed by atoms with E-state index in [0.717, 1.165) is 38.9 Å². The molecule has 2 fully saturated rings. The van der Waals surface area contributed by atoms with Crippen LogP contribution >= 0.6 is 0 Å². The zero-order chi connectivity index (χ0) is 11.1. The van der Waals surface area contributed by atoms with E-state index in [0.29, 0.717) is 0 Å². The lowest BCUT2D eigenvalue weighted by Crippen LogP contribution is -2.49. The van der Waals surface area contributed by atoms with E-state index in [-0.39, 0.29) is 10.8 Å². The summed E-state index contributed by atoms with van der Waals surface area (Å²) in [5.41, 5.74) is 5.73. The van der Waals surface area contributed by atoms with Crippen molar-refractivity contribution in [1.29, 1.82) is 0 Å². The lowest BCUT2D eigenvalue weighted by Gasteiger charge is -2.43. The fraction of sp³-hybridized carbons (Fsp3) is 0.909. The van der Waals surface area contributed by atoms with Gasteiger partial charge in [0.1, 0.15) is 6.04 Å². The molecule has 86 valence electrons. The summed E-state index contributed by atoms with van der Waals surface area (Å²) in [7, 11) is 0. The fourth-order valence-electron chi connectivity index (χ4n) is 2.98. The van der Waals surface area contributed by atoms with Gasteiger partial charge in [0, 0.05) is 18.6 Å². The average molecular weight is 213 g/mol. The van der Waals surface area contributed by atoms with Crippen molar-refractivity contribution in [2.24, 2.45) is 16.6 Å². The van der Waals surface area contributed by atoms with Crippen molar-refractivity contribution in [3.05, 3.63) is 0 Å². The van der Waals surface area contributed by atoms with Crippen molar-refractivity contribution in [3.8, 4) is 0 Å². The van der Waals surface area contributed by atoms with Crippen LogP contribution in [0.4, 0.5) is 0 Å². The molecule has 1 aliphatic carbocycles. The normalized spacial score (nSPS) is 29.5. The molecule has 1 aliphatic heterocycles. The number of hydrogen-bond acceptors (Lipinski definition) is 3. The first-order valence-electron chi connectivity index (χ1n) is 5.58. The van der Waals surface area contributed by atoms with E-state index in [2.05, 4.69) is 6.92 Å². The minimum Gasteiger partial charge on any atom is -0.480 e. The average Bonchev–Trinajstić information content (AvgIpc) is 2.98. The first kappa shape index (κ1) is 10.9. The molecule has 1 heterocycles. The minimum absolute atomic E-state index is 0.0586. The zero-order valence-electron chi connectivity index (χ0n) is 9.16. The summed E-state index contributed by atoms with van der Waals surface area (Å²) in [6.45, 7) is 3.65. The number of hydrogen-bond donors (Lipinski definition) is 2. The molecule has 4 heteroatoms. The summed E-state index contributed by atoms with van der Waals surface area (Å²) in [5.74, 6) is -0.861. The van der Waals surface area contributed by atoms with E-state index in [4.69, 9.17) is 15.6 Å². The Morgan fingerprint density at radius 3 is 2.27 bits per heavy atom. The standard InChI is InChI=1S/C11H19NO3/c1-10(4-6-15-7-5-10)11(2-3-11)8(12)9(13)14/h8H,2-7,12H2,1H3,(H,13,14).